The van der Waals surface area contributed by atoms with Crippen LogP contribution in [-0.2, 0) is 9.59 Å². The highest BCUT2D eigenvalue weighted by atomic mass is 35.5. The Balaban J connectivity index is 1.66. The number of carboxylic acids is 1. The number of hydrogen-bond acceptors (Lipinski definition) is 3. The molecule has 1 heterocycles. The number of likely N-dealkylation sites (tertiary alicyclic amines) is 1. The Kier molecular flexibility index (Phi) is 5.73. The molecule has 3 atom stereocenters. The van der Waals surface area contributed by atoms with Gasteiger partial charge in [-0.2, -0.15) is 0 Å². The van der Waals surface area contributed by atoms with Crippen LogP contribution in [0.5, 0.6) is 0 Å². The molecule has 0 bridgehead atoms. The van der Waals surface area contributed by atoms with Gasteiger partial charge in [-0.1, -0.05) is 23.2 Å². The summed E-state index contributed by atoms with van der Waals surface area (Å²) < 4.78 is 0. The summed E-state index contributed by atoms with van der Waals surface area (Å²) in [5.74, 6) is -1.73. The highest BCUT2D eigenvalue weighted by Crippen LogP contribution is 2.28. The van der Waals surface area contributed by atoms with E-state index < -0.39 is 17.9 Å². The van der Waals surface area contributed by atoms with E-state index in [2.05, 4.69) is 5.32 Å². The fourth-order valence-corrected chi connectivity index (χ4v) is 4.29. The molecule has 1 aromatic rings. The fourth-order valence-electron chi connectivity index (χ4n) is 3.76. The highest BCUT2D eigenvalue weighted by molar-refractivity contribution is 6.35. The summed E-state index contributed by atoms with van der Waals surface area (Å²) in [7, 11) is 0. The molecule has 6 nitrogen and oxygen atoms in total. The maximum atomic E-state index is 12.8. The smallest absolute Gasteiger partial charge is 0.306 e. The average molecular weight is 399 g/mol. The second-order valence-electron chi connectivity index (χ2n) is 6.87. The molecule has 0 spiro atoms. The van der Waals surface area contributed by atoms with E-state index in [0.717, 1.165) is 6.42 Å². The van der Waals surface area contributed by atoms with Crippen LogP contribution < -0.4 is 5.32 Å². The summed E-state index contributed by atoms with van der Waals surface area (Å²) in [5.41, 5.74) is 0.356. The number of carboxylic acid groups (broad SMARTS) is 1. The van der Waals surface area contributed by atoms with Crippen LogP contribution in [0.3, 0.4) is 0 Å². The zero-order valence-electron chi connectivity index (χ0n) is 14.1. The van der Waals surface area contributed by atoms with Gasteiger partial charge in [0.15, 0.2) is 0 Å². The van der Waals surface area contributed by atoms with Crippen molar-refractivity contribution in [3.05, 3.63) is 33.8 Å². The monoisotopic (exact) mass is 398 g/mol. The summed E-state index contributed by atoms with van der Waals surface area (Å²) in [6.45, 7) is 0.490. The van der Waals surface area contributed by atoms with Gasteiger partial charge in [-0.15, -0.1) is 0 Å². The lowest BCUT2D eigenvalue weighted by Crippen LogP contribution is -2.48. The minimum atomic E-state index is -0.822. The Morgan fingerprint density at radius 2 is 1.77 bits per heavy atom. The van der Waals surface area contributed by atoms with Crippen molar-refractivity contribution in [2.75, 3.05) is 6.54 Å². The van der Waals surface area contributed by atoms with Crippen molar-refractivity contribution in [2.24, 2.45) is 5.92 Å². The van der Waals surface area contributed by atoms with Crippen molar-refractivity contribution in [1.29, 1.82) is 0 Å². The summed E-state index contributed by atoms with van der Waals surface area (Å²) in [4.78, 5) is 38.0. The number of aliphatic carboxylic acids is 1. The minimum absolute atomic E-state index is 0.151. The number of rotatable bonds is 4. The zero-order chi connectivity index (χ0) is 18.8. The maximum Gasteiger partial charge on any atom is 0.306 e. The molecule has 1 aromatic carbocycles. The normalized spacial score (nSPS) is 25.3. The number of carbonyl (C=O) groups excluding carboxylic acids is 2. The van der Waals surface area contributed by atoms with Crippen LogP contribution >= 0.6 is 23.2 Å². The van der Waals surface area contributed by atoms with Crippen molar-refractivity contribution in [2.45, 2.75) is 44.2 Å². The quantitative estimate of drug-likeness (QED) is 0.815. The second-order valence-corrected chi connectivity index (χ2v) is 7.74. The fraction of sp³-hybridized carbons (Fsp3) is 0.500. The average Bonchev–Trinajstić information content (AvgIpc) is 3.22. The number of halogens is 2. The number of nitrogens with one attached hydrogen (secondary N) is 1. The molecule has 1 saturated heterocycles. The van der Waals surface area contributed by atoms with Gasteiger partial charge in [0, 0.05) is 28.2 Å². The first kappa shape index (κ1) is 19.0. The third kappa shape index (κ3) is 4.13. The molecular weight excluding hydrogens is 379 g/mol. The van der Waals surface area contributed by atoms with Crippen molar-refractivity contribution < 1.29 is 19.5 Å². The minimum Gasteiger partial charge on any atom is -0.481 e. The van der Waals surface area contributed by atoms with Crippen molar-refractivity contribution in [3.63, 3.8) is 0 Å². The van der Waals surface area contributed by atoms with Crippen molar-refractivity contribution in [1.82, 2.24) is 10.2 Å². The summed E-state index contributed by atoms with van der Waals surface area (Å²) in [6.07, 6.45) is 2.97. The molecule has 3 rings (SSSR count). The van der Waals surface area contributed by atoms with Crippen LogP contribution in [0.1, 0.15) is 42.5 Å². The molecule has 8 heteroatoms. The van der Waals surface area contributed by atoms with E-state index in [1.165, 1.54) is 12.1 Å². The Morgan fingerprint density at radius 3 is 2.38 bits per heavy atom. The van der Waals surface area contributed by atoms with Crippen LogP contribution in [0.2, 0.25) is 10.0 Å². The van der Waals surface area contributed by atoms with Crippen LogP contribution in [0.4, 0.5) is 0 Å². The van der Waals surface area contributed by atoms with Gasteiger partial charge in [-0.05, 0) is 50.3 Å². The van der Waals surface area contributed by atoms with Crippen molar-refractivity contribution in [3.8, 4) is 0 Å². The molecule has 1 aliphatic heterocycles. The number of carbonyl (C=O) groups is 3. The highest BCUT2D eigenvalue weighted by Gasteiger charge is 2.37. The third-order valence-electron chi connectivity index (χ3n) is 5.05. The number of nitrogens with zero attached hydrogens (tertiary/aromatic N) is 1. The van der Waals surface area contributed by atoms with Crippen molar-refractivity contribution >= 4 is 41.0 Å². The molecule has 140 valence electrons. The van der Waals surface area contributed by atoms with Gasteiger partial charge in [0.05, 0.1) is 5.92 Å². The Morgan fingerprint density at radius 1 is 1.08 bits per heavy atom. The van der Waals surface area contributed by atoms with Crippen LogP contribution in [0, 0.1) is 5.92 Å². The first-order valence-electron chi connectivity index (χ1n) is 8.65. The van der Waals surface area contributed by atoms with Crippen LogP contribution in [-0.4, -0.2) is 46.4 Å². The van der Waals surface area contributed by atoms with Gasteiger partial charge in [0.2, 0.25) is 5.91 Å². The second kappa shape index (κ2) is 7.84. The SMILES string of the molecule is O=C(N[C@H]1CC[C@@H](C(=O)O)C1)C1CCCN1C(=O)c1cc(Cl)cc(Cl)c1. The predicted octanol–water partition coefficient (Wildman–Crippen LogP) is 2.97. The number of hydrogen-bond donors (Lipinski definition) is 2. The van der Waals surface area contributed by atoms with E-state index in [4.69, 9.17) is 28.3 Å². The van der Waals surface area contributed by atoms with Gasteiger partial charge < -0.3 is 15.3 Å². The van der Waals surface area contributed by atoms with Crippen LogP contribution in [0.25, 0.3) is 0 Å². The standard InChI is InChI=1S/C18H20Cl2N2O4/c19-12-6-11(7-13(20)9-12)17(24)22-5-1-2-15(22)16(23)21-14-4-3-10(8-14)18(25)26/h6-7,9-10,14-15H,1-5,8H2,(H,21,23)(H,25,26)/t10-,14+,15?/m1/s1. The molecule has 2 aliphatic rings. The molecule has 26 heavy (non-hydrogen) atoms. The lowest BCUT2D eigenvalue weighted by atomic mass is 10.1. The largest absolute Gasteiger partial charge is 0.481 e. The van der Waals surface area contributed by atoms with Gasteiger partial charge in [0.1, 0.15) is 6.04 Å². The molecule has 1 unspecified atom stereocenters. The van der Waals surface area contributed by atoms with E-state index in [1.54, 1.807) is 11.0 Å². The van der Waals surface area contributed by atoms with E-state index >= 15 is 0 Å². The number of amides is 2. The Bertz CT molecular complexity index is 720. The summed E-state index contributed by atoms with van der Waals surface area (Å²) in [6, 6.07) is 3.92. The third-order valence-corrected chi connectivity index (χ3v) is 5.49. The summed E-state index contributed by atoms with van der Waals surface area (Å²) >= 11 is 11.9. The molecule has 2 amide bonds. The van der Waals surface area contributed by atoms with Gasteiger partial charge >= 0.3 is 5.97 Å². The number of benzene rings is 1. The molecule has 1 saturated carbocycles. The molecule has 2 fully saturated rings. The Hall–Kier alpha value is -1.79. The molecule has 0 aromatic heterocycles. The molecule has 1 aliphatic carbocycles. The molecule has 2 N–H and O–H groups in total. The first-order valence-corrected chi connectivity index (χ1v) is 9.41. The zero-order valence-corrected chi connectivity index (χ0v) is 15.6. The van der Waals surface area contributed by atoms with Gasteiger partial charge in [0.25, 0.3) is 5.91 Å². The molecule has 0 radical (unpaired) electrons. The summed E-state index contributed by atoms with van der Waals surface area (Å²) in [5, 5.41) is 12.7. The van der Waals surface area contributed by atoms with E-state index in [9.17, 15) is 14.4 Å². The first-order chi connectivity index (χ1) is 12.3. The lowest BCUT2D eigenvalue weighted by Gasteiger charge is -2.25. The Labute approximate surface area is 161 Å². The van der Waals surface area contributed by atoms with E-state index in [0.29, 0.717) is 47.8 Å². The lowest BCUT2D eigenvalue weighted by molar-refractivity contribution is -0.141. The van der Waals surface area contributed by atoms with Gasteiger partial charge in [-0.3, -0.25) is 14.4 Å². The molecular formula is C18H20Cl2N2O4. The van der Waals surface area contributed by atoms with E-state index in [1.807, 2.05) is 0 Å². The topological polar surface area (TPSA) is 86.7 Å². The van der Waals surface area contributed by atoms with E-state index in [-0.39, 0.29) is 17.9 Å². The van der Waals surface area contributed by atoms with Crippen LogP contribution in [0.15, 0.2) is 18.2 Å². The maximum absolute atomic E-state index is 12.8. The van der Waals surface area contributed by atoms with Gasteiger partial charge in [-0.25, -0.2) is 0 Å². The predicted molar refractivity (Wildman–Crippen MR) is 97.4 cm³/mol.